The van der Waals surface area contributed by atoms with Crippen molar-refractivity contribution in [2.75, 3.05) is 31.9 Å². The molecule has 3 atom stereocenters. The molecule has 0 aromatic heterocycles. The summed E-state index contributed by atoms with van der Waals surface area (Å²) in [6, 6.07) is 0. The third-order valence-electron chi connectivity index (χ3n) is 4.59. The largest absolute Gasteiger partial charge is 0.372 e. The lowest BCUT2D eigenvalue weighted by Crippen LogP contribution is -2.50. The maximum absolute atomic E-state index is 12.7. The van der Waals surface area contributed by atoms with Gasteiger partial charge in [0.15, 0.2) is 0 Å². The number of hydrogen-bond acceptors (Lipinski definition) is 4. The second-order valence-corrected chi connectivity index (χ2v) is 7.60. The van der Waals surface area contributed by atoms with Crippen LogP contribution in [0.25, 0.3) is 0 Å². The summed E-state index contributed by atoms with van der Waals surface area (Å²) in [5.74, 6) is 1.99. The summed E-state index contributed by atoms with van der Waals surface area (Å²) in [5, 5.41) is 3.41. The lowest BCUT2D eigenvalue weighted by atomic mass is 9.95. The number of morpholine rings is 1. The fraction of sp³-hybridized carbons (Fsp3) is 0.812. The van der Waals surface area contributed by atoms with Crippen molar-refractivity contribution < 1.29 is 9.53 Å². The number of ether oxygens (including phenoxy) is 1. The highest BCUT2D eigenvalue weighted by atomic mass is 32.2. The quantitative estimate of drug-likeness (QED) is 0.845. The van der Waals surface area contributed by atoms with Gasteiger partial charge in [0.2, 0.25) is 5.91 Å². The summed E-state index contributed by atoms with van der Waals surface area (Å²) in [7, 11) is 0. The maximum atomic E-state index is 12.7. The van der Waals surface area contributed by atoms with Crippen molar-refractivity contribution in [2.24, 2.45) is 11.8 Å². The molecule has 21 heavy (non-hydrogen) atoms. The molecule has 0 bridgehead atoms. The van der Waals surface area contributed by atoms with Crippen molar-refractivity contribution in [3.63, 3.8) is 0 Å². The third kappa shape index (κ3) is 3.63. The third-order valence-corrected chi connectivity index (χ3v) is 5.91. The van der Waals surface area contributed by atoms with Gasteiger partial charge in [-0.3, -0.25) is 4.79 Å². The van der Waals surface area contributed by atoms with E-state index in [2.05, 4.69) is 25.2 Å². The molecule has 1 unspecified atom stereocenters. The Morgan fingerprint density at radius 3 is 2.62 bits per heavy atom. The Kier molecular flexibility index (Phi) is 4.92. The molecule has 3 aliphatic heterocycles. The molecule has 3 rings (SSSR count). The van der Waals surface area contributed by atoms with Crippen LogP contribution in [0.2, 0.25) is 0 Å². The van der Waals surface area contributed by atoms with Crippen LogP contribution in [-0.2, 0) is 9.53 Å². The van der Waals surface area contributed by atoms with Crippen LogP contribution in [0.5, 0.6) is 0 Å². The average Bonchev–Trinajstić information content (AvgIpc) is 2.96. The average molecular weight is 310 g/mol. The van der Waals surface area contributed by atoms with Gasteiger partial charge in [0.1, 0.15) is 0 Å². The van der Waals surface area contributed by atoms with Crippen LogP contribution in [0, 0.1) is 11.8 Å². The molecule has 4 nitrogen and oxygen atoms in total. The first-order chi connectivity index (χ1) is 10.1. The Balaban J connectivity index is 1.61. The molecule has 0 aromatic rings. The van der Waals surface area contributed by atoms with E-state index < -0.39 is 0 Å². The molecule has 2 saturated heterocycles. The van der Waals surface area contributed by atoms with Crippen molar-refractivity contribution in [3.8, 4) is 0 Å². The normalized spacial score (nSPS) is 34.9. The van der Waals surface area contributed by atoms with Crippen LogP contribution in [0.15, 0.2) is 11.0 Å². The first-order valence-electron chi connectivity index (χ1n) is 8.13. The number of amides is 1. The van der Waals surface area contributed by atoms with Crippen LogP contribution in [0.1, 0.15) is 26.7 Å². The van der Waals surface area contributed by atoms with E-state index in [1.54, 1.807) is 0 Å². The first kappa shape index (κ1) is 15.4. The van der Waals surface area contributed by atoms with Gasteiger partial charge in [-0.25, -0.2) is 0 Å². The number of thioether (sulfide) groups is 1. The minimum Gasteiger partial charge on any atom is -0.372 e. The second-order valence-electron chi connectivity index (χ2n) is 6.51. The molecule has 3 aliphatic rings. The van der Waals surface area contributed by atoms with E-state index in [1.165, 1.54) is 17.7 Å². The molecule has 1 N–H and O–H groups in total. The topological polar surface area (TPSA) is 41.6 Å². The number of carbonyl (C=O) groups excluding carboxylic acids is 1. The lowest BCUT2D eigenvalue weighted by molar-refractivity contribution is -0.145. The van der Waals surface area contributed by atoms with E-state index >= 15 is 0 Å². The summed E-state index contributed by atoms with van der Waals surface area (Å²) in [4.78, 5) is 16.2. The molecular formula is C16H26N2O2S. The standard InChI is InChI=1S/C16H26N2O2S/c1-11-8-18(9-12(2)20-11)16(19)14-7-15(21-10-14)13-3-5-17-6-4-13/h7,11-14,17H,3-6,8-10H2,1-2H3/t11-,12+,14?. The number of carbonyl (C=O) groups is 1. The Bertz CT molecular complexity index is 411. The van der Waals surface area contributed by atoms with Crippen LogP contribution in [0.3, 0.4) is 0 Å². The SMILES string of the molecule is C[C@@H]1CN(C(=O)C2C=C(C3CCNCC3)SC2)C[C@H](C)O1. The minimum atomic E-state index is 0.0809. The maximum Gasteiger partial charge on any atom is 0.230 e. The number of nitrogens with zero attached hydrogens (tertiary/aromatic N) is 1. The smallest absolute Gasteiger partial charge is 0.230 e. The monoisotopic (exact) mass is 310 g/mol. The van der Waals surface area contributed by atoms with Crippen molar-refractivity contribution in [1.29, 1.82) is 0 Å². The van der Waals surface area contributed by atoms with Gasteiger partial charge in [-0.15, -0.1) is 11.8 Å². The van der Waals surface area contributed by atoms with Crippen molar-refractivity contribution in [3.05, 3.63) is 11.0 Å². The van der Waals surface area contributed by atoms with Gasteiger partial charge in [0.05, 0.1) is 18.1 Å². The molecule has 0 saturated carbocycles. The van der Waals surface area contributed by atoms with Crippen LogP contribution < -0.4 is 5.32 Å². The number of nitrogens with one attached hydrogen (secondary N) is 1. The van der Waals surface area contributed by atoms with Crippen LogP contribution >= 0.6 is 11.8 Å². The molecule has 0 spiro atoms. The molecule has 2 fully saturated rings. The highest BCUT2D eigenvalue weighted by Gasteiger charge is 2.33. The fourth-order valence-electron chi connectivity index (χ4n) is 3.58. The van der Waals surface area contributed by atoms with Gasteiger partial charge in [0, 0.05) is 18.8 Å². The highest BCUT2D eigenvalue weighted by Crippen LogP contribution is 2.38. The van der Waals surface area contributed by atoms with Gasteiger partial charge in [0.25, 0.3) is 0 Å². The predicted molar refractivity (Wildman–Crippen MR) is 86.2 cm³/mol. The van der Waals surface area contributed by atoms with E-state index in [9.17, 15) is 4.79 Å². The summed E-state index contributed by atoms with van der Waals surface area (Å²) in [6.45, 7) is 7.80. The molecule has 0 aromatic carbocycles. The Morgan fingerprint density at radius 2 is 1.95 bits per heavy atom. The van der Waals surface area contributed by atoms with Gasteiger partial charge in [-0.05, 0) is 50.6 Å². The lowest BCUT2D eigenvalue weighted by Gasteiger charge is -2.36. The zero-order chi connectivity index (χ0) is 14.8. The Morgan fingerprint density at radius 1 is 1.29 bits per heavy atom. The van der Waals surface area contributed by atoms with Gasteiger partial charge < -0.3 is 15.0 Å². The van der Waals surface area contributed by atoms with Crippen molar-refractivity contribution in [2.45, 2.75) is 38.9 Å². The molecular weight excluding hydrogens is 284 g/mol. The summed E-state index contributed by atoms with van der Waals surface area (Å²) < 4.78 is 5.72. The van der Waals surface area contributed by atoms with Crippen LogP contribution in [0.4, 0.5) is 0 Å². The van der Waals surface area contributed by atoms with Gasteiger partial charge in [-0.2, -0.15) is 0 Å². The second kappa shape index (κ2) is 6.71. The first-order valence-corrected chi connectivity index (χ1v) is 9.11. The Labute approximate surface area is 131 Å². The zero-order valence-electron chi connectivity index (χ0n) is 13.0. The van der Waals surface area contributed by atoms with Crippen molar-refractivity contribution >= 4 is 17.7 Å². The highest BCUT2D eigenvalue weighted by molar-refractivity contribution is 8.03. The zero-order valence-corrected chi connectivity index (χ0v) is 13.8. The van der Waals surface area contributed by atoms with E-state index in [4.69, 9.17) is 4.74 Å². The van der Waals surface area contributed by atoms with E-state index in [1.807, 2.05) is 16.7 Å². The van der Waals surface area contributed by atoms with E-state index in [0.29, 0.717) is 11.8 Å². The van der Waals surface area contributed by atoms with Crippen LogP contribution in [-0.4, -0.2) is 54.9 Å². The molecule has 5 heteroatoms. The van der Waals surface area contributed by atoms with Gasteiger partial charge >= 0.3 is 0 Å². The van der Waals surface area contributed by atoms with Crippen molar-refractivity contribution in [1.82, 2.24) is 10.2 Å². The Hall–Kier alpha value is -0.520. The molecule has 0 radical (unpaired) electrons. The number of rotatable bonds is 2. The van der Waals surface area contributed by atoms with Gasteiger partial charge in [-0.1, -0.05) is 6.08 Å². The predicted octanol–water partition coefficient (Wildman–Crippen LogP) is 1.87. The molecule has 0 aliphatic carbocycles. The summed E-state index contributed by atoms with van der Waals surface area (Å²) in [6.07, 6.45) is 4.99. The van der Waals surface area contributed by atoms with E-state index in [0.717, 1.165) is 31.9 Å². The number of allylic oxidation sites excluding steroid dienone is 1. The van der Waals surface area contributed by atoms with E-state index in [-0.39, 0.29) is 18.1 Å². The summed E-state index contributed by atoms with van der Waals surface area (Å²) in [5.41, 5.74) is 0. The molecule has 3 heterocycles. The molecule has 118 valence electrons. The minimum absolute atomic E-state index is 0.0809. The summed E-state index contributed by atoms with van der Waals surface area (Å²) >= 11 is 1.91. The number of hydrogen-bond donors (Lipinski definition) is 1. The number of piperidine rings is 1. The fourth-order valence-corrected chi connectivity index (χ4v) is 4.92. The molecule has 1 amide bonds.